The Bertz CT molecular complexity index is 410. The molecule has 1 N–H and O–H groups in total. The predicted octanol–water partition coefficient (Wildman–Crippen LogP) is 4.05. The lowest BCUT2D eigenvalue weighted by molar-refractivity contribution is -0.139. The molecule has 0 bridgehead atoms. The van der Waals surface area contributed by atoms with Crippen LogP contribution in [0.1, 0.15) is 50.7 Å². The van der Waals surface area contributed by atoms with E-state index in [0.717, 1.165) is 11.1 Å². The van der Waals surface area contributed by atoms with Crippen molar-refractivity contribution in [2.24, 2.45) is 0 Å². The predicted molar refractivity (Wildman–Crippen MR) is 72.8 cm³/mol. The van der Waals surface area contributed by atoms with E-state index in [9.17, 15) is 4.79 Å². The third kappa shape index (κ3) is 3.64. The Morgan fingerprint density at radius 1 is 1.22 bits per heavy atom. The number of carbonyl (C=O) groups is 1. The Labute approximate surface area is 113 Å². The van der Waals surface area contributed by atoms with Gasteiger partial charge in [-0.1, -0.05) is 39.3 Å². The van der Waals surface area contributed by atoms with E-state index in [0.29, 0.717) is 10.8 Å². The van der Waals surface area contributed by atoms with Gasteiger partial charge in [-0.3, -0.25) is 0 Å². The van der Waals surface area contributed by atoms with Gasteiger partial charge in [0.15, 0.2) is 6.61 Å². The topological polar surface area (TPSA) is 46.5 Å². The zero-order chi connectivity index (χ0) is 13.9. The molecule has 0 aromatic heterocycles. The van der Waals surface area contributed by atoms with Gasteiger partial charge in [-0.05, 0) is 35.1 Å². The van der Waals surface area contributed by atoms with Crippen LogP contribution in [0.4, 0.5) is 0 Å². The average molecular weight is 271 g/mol. The summed E-state index contributed by atoms with van der Waals surface area (Å²) in [6.07, 6.45) is 0. The summed E-state index contributed by atoms with van der Waals surface area (Å²) in [5.41, 5.74) is 1.90. The van der Waals surface area contributed by atoms with Gasteiger partial charge in [0.2, 0.25) is 0 Å². The van der Waals surface area contributed by atoms with Crippen molar-refractivity contribution >= 4 is 17.6 Å². The van der Waals surface area contributed by atoms with Crippen molar-refractivity contribution in [2.45, 2.75) is 39.5 Å². The Morgan fingerprint density at radius 3 is 2.00 bits per heavy atom. The van der Waals surface area contributed by atoms with Crippen molar-refractivity contribution in [3.8, 4) is 5.75 Å². The molecule has 1 aromatic carbocycles. The molecule has 18 heavy (non-hydrogen) atoms. The van der Waals surface area contributed by atoms with Crippen LogP contribution in [0, 0.1) is 0 Å². The maximum absolute atomic E-state index is 10.7. The number of ether oxygens (including phenoxy) is 1. The molecule has 1 aromatic rings. The summed E-state index contributed by atoms with van der Waals surface area (Å²) in [7, 11) is 0. The lowest BCUT2D eigenvalue weighted by Crippen LogP contribution is -2.13. The molecule has 0 spiro atoms. The van der Waals surface area contributed by atoms with Crippen molar-refractivity contribution in [2.75, 3.05) is 6.61 Å². The molecule has 0 aliphatic carbocycles. The number of hydrogen-bond donors (Lipinski definition) is 1. The third-order valence-corrected chi connectivity index (χ3v) is 2.91. The zero-order valence-corrected chi connectivity index (χ0v) is 11.9. The molecule has 0 saturated carbocycles. The second kappa shape index (κ2) is 6.10. The van der Waals surface area contributed by atoms with Crippen molar-refractivity contribution in [3.63, 3.8) is 0 Å². The van der Waals surface area contributed by atoms with Gasteiger partial charge < -0.3 is 9.84 Å². The molecule has 0 atom stereocenters. The number of aliphatic carboxylic acids is 1. The van der Waals surface area contributed by atoms with E-state index >= 15 is 0 Å². The van der Waals surface area contributed by atoms with Gasteiger partial charge >= 0.3 is 5.97 Å². The van der Waals surface area contributed by atoms with E-state index in [4.69, 9.17) is 21.4 Å². The largest absolute Gasteiger partial charge is 0.481 e. The van der Waals surface area contributed by atoms with E-state index in [1.807, 2.05) is 39.8 Å². The summed E-state index contributed by atoms with van der Waals surface area (Å²) < 4.78 is 5.45. The number of carboxylic acids is 1. The number of benzene rings is 1. The summed E-state index contributed by atoms with van der Waals surface area (Å²) in [6.45, 7) is 7.79. The van der Waals surface area contributed by atoms with Crippen LogP contribution >= 0.6 is 11.6 Å². The lowest BCUT2D eigenvalue weighted by Gasteiger charge is -2.19. The highest BCUT2D eigenvalue weighted by molar-refractivity contribution is 6.30. The van der Waals surface area contributed by atoms with Crippen molar-refractivity contribution in [1.82, 2.24) is 0 Å². The normalized spacial score (nSPS) is 11.1. The molecule has 0 aliphatic heterocycles. The number of carboxylic acid groups (broad SMARTS) is 1. The quantitative estimate of drug-likeness (QED) is 0.878. The van der Waals surface area contributed by atoms with E-state index in [-0.39, 0.29) is 18.4 Å². The summed E-state index contributed by atoms with van der Waals surface area (Å²) in [5.74, 6) is 0.135. The molecule has 100 valence electrons. The summed E-state index contributed by atoms with van der Waals surface area (Å²) in [6, 6.07) is 3.69. The smallest absolute Gasteiger partial charge is 0.341 e. The molecular formula is C14H19ClO3. The molecule has 0 fully saturated rings. The van der Waals surface area contributed by atoms with Crippen LogP contribution < -0.4 is 4.74 Å². The van der Waals surface area contributed by atoms with Crippen LogP contribution in [-0.2, 0) is 4.79 Å². The Balaban J connectivity index is 3.26. The standard InChI is InChI=1S/C14H19ClO3/c1-8(2)11-5-10(15)6-12(9(3)4)14(11)18-7-13(16)17/h5-6,8-9H,7H2,1-4H3,(H,16,17). The second-order valence-electron chi connectivity index (χ2n) is 4.91. The monoisotopic (exact) mass is 270 g/mol. The van der Waals surface area contributed by atoms with Gasteiger partial charge in [0.05, 0.1) is 0 Å². The fraction of sp³-hybridized carbons (Fsp3) is 0.500. The molecule has 0 radical (unpaired) electrons. The van der Waals surface area contributed by atoms with E-state index in [1.54, 1.807) is 0 Å². The maximum Gasteiger partial charge on any atom is 0.341 e. The highest BCUT2D eigenvalue weighted by atomic mass is 35.5. The summed E-state index contributed by atoms with van der Waals surface area (Å²) >= 11 is 6.10. The fourth-order valence-corrected chi connectivity index (χ4v) is 2.03. The van der Waals surface area contributed by atoms with Gasteiger partial charge in [-0.25, -0.2) is 4.79 Å². The minimum atomic E-state index is -0.977. The van der Waals surface area contributed by atoms with E-state index in [2.05, 4.69) is 0 Å². The second-order valence-corrected chi connectivity index (χ2v) is 5.34. The van der Waals surface area contributed by atoms with Gasteiger partial charge in [0.1, 0.15) is 5.75 Å². The van der Waals surface area contributed by atoms with Crippen molar-refractivity contribution in [1.29, 1.82) is 0 Å². The highest BCUT2D eigenvalue weighted by Crippen LogP contribution is 2.37. The number of halogens is 1. The Kier molecular flexibility index (Phi) is 5.03. The third-order valence-electron chi connectivity index (χ3n) is 2.70. The van der Waals surface area contributed by atoms with Crippen LogP contribution in [0.3, 0.4) is 0 Å². The molecule has 0 saturated heterocycles. The van der Waals surface area contributed by atoms with E-state index in [1.165, 1.54) is 0 Å². The molecular weight excluding hydrogens is 252 g/mol. The number of rotatable bonds is 5. The minimum absolute atomic E-state index is 0.227. The lowest BCUT2D eigenvalue weighted by atomic mass is 9.94. The average Bonchev–Trinajstić information content (AvgIpc) is 2.25. The summed E-state index contributed by atoms with van der Waals surface area (Å²) in [4.78, 5) is 10.7. The molecule has 1 rings (SSSR count). The SMILES string of the molecule is CC(C)c1cc(Cl)cc(C(C)C)c1OCC(=O)O. The van der Waals surface area contributed by atoms with Gasteiger partial charge in [0.25, 0.3) is 0 Å². The van der Waals surface area contributed by atoms with Gasteiger partial charge in [-0.2, -0.15) is 0 Å². The van der Waals surface area contributed by atoms with Crippen LogP contribution in [0.2, 0.25) is 5.02 Å². The first kappa shape index (κ1) is 14.8. The zero-order valence-electron chi connectivity index (χ0n) is 11.2. The molecule has 0 heterocycles. The fourth-order valence-electron chi connectivity index (χ4n) is 1.79. The van der Waals surface area contributed by atoms with Crippen LogP contribution in [0.15, 0.2) is 12.1 Å². The first-order valence-corrected chi connectivity index (χ1v) is 6.38. The maximum atomic E-state index is 10.7. The van der Waals surface area contributed by atoms with Crippen LogP contribution in [0.5, 0.6) is 5.75 Å². The Hall–Kier alpha value is -1.22. The van der Waals surface area contributed by atoms with Crippen LogP contribution in [0.25, 0.3) is 0 Å². The molecule has 0 unspecified atom stereocenters. The van der Waals surface area contributed by atoms with Crippen LogP contribution in [-0.4, -0.2) is 17.7 Å². The van der Waals surface area contributed by atoms with Gasteiger partial charge in [0, 0.05) is 5.02 Å². The minimum Gasteiger partial charge on any atom is -0.481 e. The van der Waals surface area contributed by atoms with Crippen molar-refractivity contribution < 1.29 is 14.6 Å². The van der Waals surface area contributed by atoms with E-state index < -0.39 is 5.97 Å². The first-order chi connectivity index (χ1) is 8.32. The molecule has 4 heteroatoms. The highest BCUT2D eigenvalue weighted by Gasteiger charge is 2.17. The number of hydrogen-bond acceptors (Lipinski definition) is 2. The first-order valence-electron chi connectivity index (χ1n) is 6.00. The molecule has 0 amide bonds. The van der Waals surface area contributed by atoms with Crippen molar-refractivity contribution in [3.05, 3.63) is 28.3 Å². The summed E-state index contributed by atoms with van der Waals surface area (Å²) in [5, 5.41) is 9.39. The van der Waals surface area contributed by atoms with Gasteiger partial charge in [-0.15, -0.1) is 0 Å². The molecule has 0 aliphatic rings. The molecule has 3 nitrogen and oxygen atoms in total. The Morgan fingerprint density at radius 2 is 1.67 bits per heavy atom.